The van der Waals surface area contributed by atoms with Crippen molar-refractivity contribution in [3.8, 4) is 11.5 Å². The fourth-order valence-corrected chi connectivity index (χ4v) is 7.98. The summed E-state index contributed by atoms with van der Waals surface area (Å²) in [5.74, 6) is 1.78. The number of likely N-dealkylation sites (tertiary alicyclic amines) is 1. The fraction of sp³-hybridized carbons (Fsp3) is 0.317. The summed E-state index contributed by atoms with van der Waals surface area (Å²) in [5.41, 5.74) is 6.14. The molecular formula is C41H42N2O2. The van der Waals surface area contributed by atoms with Crippen molar-refractivity contribution in [2.75, 3.05) is 38.2 Å². The number of methoxy groups -OCH3 is 1. The molecule has 0 bridgehead atoms. The van der Waals surface area contributed by atoms with E-state index in [1.165, 1.54) is 53.8 Å². The average molecular weight is 595 g/mol. The molecule has 8 rings (SSSR count). The number of anilines is 1. The predicted octanol–water partition coefficient (Wildman–Crippen LogP) is 9.11. The molecule has 2 atom stereocenters. The number of ether oxygens (including phenoxy) is 2. The zero-order valence-corrected chi connectivity index (χ0v) is 26.5. The van der Waals surface area contributed by atoms with Crippen molar-refractivity contribution < 1.29 is 9.47 Å². The van der Waals surface area contributed by atoms with Gasteiger partial charge in [0.05, 0.1) is 7.11 Å². The third-order valence-electron chi connectivity index (χ3n) is 10.6. The van der Waals surface area contributed by atoms with Crippen molar-refractivity contribution >= 4 is 22.0 Å². The van der Waals surface area contributed by atoms with Crippen molar-refractivity contribution in [1.29, 1.82) is 0 Å². The highest BCUT2D eigenvalue weighted by Crippen LogP contribution is 2.57. The van der Waals surface area contributed by atoms with E-state index in [0.717, 1.165) is 60.4 Å². The van der Waals surface area contributed by atoms with E-state index < -0.39 is 5.60 Å². The largest absolute Gasteiger partial charge is 0.496 e. The molecule has 4 aliphatic rings. The molecule has 2 fully saturated rings. The van der Waals surface area contributed by atoms with Crippen LogP contribution < -0.4 is 14.4 Å². The van der Waals surface area contributed by atoms with Gasteiger partial charge < -0.3 is 19.3 Å². The summed E-state index contributed by atoms with van der Waals surface area (Å²) in [6, 6.07) is 30.7. The quantitative estimate of drug-likeness (QED) is 0.222. The van der Waals surface area contributed by atoms with Crippen molar-refractivity contribution in [3.63, 3.8) is 0 Å². The van der Waals surface area contributed by atoms with Crippen LogP contribution in [-0.2, 0) is 5.60 Å². The number of nitrogens with zero attached hydrogens (tertiary/aromatic N) is 2. The van der Waals surface area contributed by atoms with Gasteiger partial charge in [-0.15, -0.1) is 0 Å². The Hall–Kier alpha value is -4.44. The fourth-order valence-electron chi connectivity index (χ4n) is 7.98. The molecule has 0 N–H and O–H groups in total. The summed E-state index contributed by atoms with van der Waals surface area (Å²) in [6.45, 7) is 6.93. The summed E-state index contributed by atoms with van der Waals surface area (Å²) in [4.78, 5) is 5.04. The minimum absolute atomic E-state index is 0.343. The summed E-state index contributed by atoms with van der Waals surface area (Å²) in [6.07, 6.45) is 15.6. The van der Waals surface area contributed by atoms with Gasteiger partial charge in [0.2, 0.25) is 0 Å². The van der Waals surface area contributed by atoms with E-state index >= 15 is 0 Å². The molecule has 2 saturated heterocycles. The van der Waals surface area contributed by atoms with Crippen LogP contribution in [0.5, 0.6) is 11.5 Å². The number of allylic oxidation sites excluding steroid dienone is 2. The standard InChI is InChI=1S/C41H42N2O2/c1-40(22-20-33(21-23-40)43-26-10-11-27-43)41(31-16-18-32(19-17-31)42-24-8-9-25-42)29-37(30-12-4-3-5-13-30)36-28-38(44-2)34-14-6-7-15-35(34)39(36)45-41/h3-7,12-22,28-29H,8-11,23-27H2,1-2H3. The van der Waals surface area contributed by atoms with Crippen LogP contribution >= 0.6 is 0 Å². The molecule has 4 aromatic rings. The van der Waals surface area contributed by atoms with E-state index in [2.05, 4.69) is 126 Å². The number of benzene rings is 4. The van der Waals surface area contributed by atoms with Gasteiger partial charge in [-0.3, -0.25) is 0 Å². The van der Waals surface area contributed by atoms with E-state index in [4.69, 9.17) is 9.47 Å². The van der Waals surface area contributed by atoms with Crippen LogP contribution in [0.3, 0.4) is 0 Å². The topological polar surface area (TPSA) is 24.9 Å². The number of hydrogen-bond donors (Lipinski definition) is 0. The van der Waals surface area contributed by atoms with Crippen LogP contribution in [0, 0.1) is 5.41 Å². The Morgan fingerprint density at radius 2 is 1.42 bits per heavy atom. The van der Waals surface area contributed by atoms with Gasteiger partial charge in [-0.05, 0) is 73.6 Å². The molecule has 2 unspecified atom stereocenters. The van der Waals surface area contributed by atoms with Gasteiger partial charge in [-0.25, -0.2) is 0 Å². The lowest BCUT2D eigenvalue weighted by Gasteiger charge is -2.49. The van der Waals surface area contributed by atoms with Crippen LogP contribution in [0.15, 0.2) is 115 Å². The molecule has 45 heavy (non-hydrogen) atoms. The average Bonchev–Trinajstić information content (AvgIpc) is 3.84. The summed E-state index contributed by atoms with van der Waals surface area (Å²) in [7, 11) is 1.76. The van der Waals surface area contributed by atoms with Crippen LogP contribution in [0.1, 0.15) is 55.7 Å². The van der Waals surface area contributed by atoms with Gasteiger partial charge in [-0.1, -0.05) is 85.8 Å². The minimum Gasteiger partial charge on any atom is -0.496 e. The molecule has 0 amide bonds. The van der Waals surface area contributed by atoms with Crippen LogP contribution in [0.2, 0.25) is 0 Å². The van der Waals surface area contributed by atoms with E-state index in [1.807, 2.05) is 0 Å². The van der Waals surface area contributed by atoms with Gasteiger partial charge in [0.25, 0.3) is 0 Å². The lowest BCUT2D eigenvalue weighted by atomic mass is 9.63. The smallest absolute Gasteiger partial charge is 0.162 e. The Morgan fingerprint density at radius 1 is 0.756 bits per heavy atom. The maximum absolute atomic E-state index is 7.60. The number of hydrogen-bond acceptors (Lipinski definition) is 4. The first kappa shape index (κ1) is 28.1. The highest BCUT2D eigenvalue weighted by molar-refractivity contribution is 6.01. The lowest BCUT2D eigenvalue weighted by Crippen LogP contribution is -2.48. The molecular weight excluding hydrogens is 552 g/mol. The van der Waals surface area contributed by atoms with Crippen LogP contribution in [0.25, 0.3) is 16.3 Å². The normalized spacial score (nSPS) is 24.3. The Morgan fingerprint density at radius 3 is 2.09 bits per heavy atom. The second-order valence-electron chi connectivity index (χ2n) is 13.3. The van der Waals surface area contributed by atoms with Gasteiger partial charge in [0.15, 0.2) is 5.60 Å². The van der Waals surface area contributed by atoms with Crippen molar-refractivity contribution in [1.82, 2.24) is 4.90 Å². The molecule has 0 aromatic heterocycles. The highest BCUT2D eigenvalue weighted by atomic mass is 16.5. The van der Waals surface area contributed by atoms with Crippen molar-refractivity contribution in [3.05, 3.63) is 132 Å². The van der Waals surface area contributed by atoms with Crippen molar-refractivity contribution in [2.24, 2.45) is 5.41 Å². The Labute approximate surface area is 267 Å². The zero-order chi connectivity index (χ0) is 30.4. The van der Waals surface area contributed by atoms with Crippen molar-refractivity contribution in [2.45, 2.75) is 44.6 Å². The molecule has 3 heterocycles. The van der Waals surface area contributed by atoms with E-state index in [9.17, 15) is 0 Å². The molecule has 3 aliphatic heterocycles. The molecule has 1 aliphatic carbocycles. The first-order valence-electron chi connectivity index (χ1n) is 16.7. The Kier molecular flexibility index (Phi) is 6.97. The monoisotopic (exact) mass is 594 g/mol. The van der Waals surface area contributed by atoms with Gasteiger partial charge in [0.1, 0.15) is 11.5 Å². The molecule has 228 valence electrons. The highest BCUT2D eigenvalue weighted by Gasteiger charge is 2.52. The Balaban J connectivity index is 1.36. The lowest BCUT2D eigenvalue weighted by molar-refractivity contribution is 0.0131. The maximum Gasteiger partial charge on any atom is 0.162 e. The summed E-state index contributed by atoms with van der Waals surface area (Å²) >= 11 is 0. The van der Waals surface area contributed by atoms with Gasteiger partial charge >= 0.3 is 0 Å². The van der Waals surface area contributed by atoms with Crippen LogP contribution in [-0.4, -0.2) is 38.2 Å². The second-order valence-corrected chi connectivity index (χ2v) is 13.3. The van der Waals surface area contributed by atoms with E-state index in [-0.39, 0.29) is 5.41 Å². The third-order valence-corrected chi connectivity index (χ3v) is 10.6. The Bertz CT molecular complexity index is 1810. The minimum atomic E-state index is -0.754. The molecule has 4 aromatic carbocycles. The van der Waals surface area contributed by atoms with E-state index in [1.54, 1.807) is 7.11 Å². The van der Waals surface area contributed by atoms with Crippen LogP contribution in [0.4, 0.5) is 5.69 Å². The summed E-state index contributed by atoms with van der Waals surface area (Å²) in [5, 5.41) is 2.13. The number of rotatable bonds is 6. The first-order valence-corrected chi connectivity index (χ1v) is 16.7. The second kappa shape index (κ2) is 11.2. The predicted molar refractivity (Wildman–Crippen MR) is 185 cm³/mol. The maximum atomic E-state index is 7.60. The first-order chi connectivity index (χ1) is 22.1. The molecule has 4 nitrogen and oxygen atoms in total. The van der Waals surface area contributed by atoms with Gasteiger partial charge in [-0.2, -0.15) is 0 Å². The zero-order valence-electron chi connectivity index (χ0n) is 26.5. The molecule has 0 saturated carbocycles. The molecule has 4 heteroatoms. The SMILES string of the molecule is COc1cc2c(c3ccccc13)OC(c1ccc(N3CCCC3)cc1)(C1(C)C=CC(N3CCCC3)=CC1)C=C2c1ccccc1. The molecule has 0 spiro atoms. The third kappa shape index (κ3) is 4.65. The number of fused-ring (bicyclic) bond motifs is 3. The molecule has 0 radical (unpaired) electrons. The summed E-state index contributed by atoms with van der Waals surface area (Å²) < 4.78 is 13.6. The van der Waals surface area contributed by atoms with Gasteiger partial charge in [0, 0.05) is 64.9 Å². The van der Waals surface area contributed by atoms with E-state index in [0.29, 0.717) is 0 Å².